The standard InChI is InChI=1S/C33H38N6O3.Ni/c1-33(32(41)42,19-8-9-20-36-38-34)24-35-30(26-14-6-3-7-15-26)27-16-10-17-28(22-27)37-31(40)29-18-11-21-39(29)23-25-12-4-2-5-13-25;/h2-7,10,12-17,22,29H,8-9,11,18-21,23-24H2,1H3,(H,37,40)(H,41,42);/t29-,33+;/m0./s1. The van der Waals surface area contributed by atoms with E-state index in [1.165, 1.54) is 5.56 Å². The Labute approximate surface area is 263 Å². The predicted octanol–water partition coefficient (Wildman–Crippen LogP) is 6.70. The topological polar surface area (TPSA) is 131 Å². The van der Waals surface area contributed by atoms with Gasteiger partial charge < -0.3 is 10.4 Å². The number of anilines is 1. The number of unbranched alkanes of at least 4 members (excludes halogenated alkanes) is 1. The zero-order valence-electron chi connectivity index (χ0n) is 24.3. The van der Waals surface area contributed by atoms with Gasteiger partial charge in [0.25, 0.3) is 0 Å². The summed E-state index contributed by atoms with van der Waals surface area (Å²) in [7, 11) is 0. The summed E-state index contributed by atoms with van der Waals surface area (Å²) in [4.78, 5) is 35.5. The minimum absolute atomic E-state index is 0. The fourth-order valence-electron chi connectivity index (χ4n) is 5.29. The molecule has 1 aliphatic rings. The van der Waals surface area contributed by atoms with Crippen molar-refractivity contribution in [2.24, 2.45) is 15.5 Å². The zero-order chi connectivity index (χ0) is 29.8. The molecule has 0 saturated carbocycles. The Hall–Kier alpha value is -3.97. The SMILES string of the molecule is C[C@@](CCCCN=[N+]=[N-])(CN=C(c1ccccc1)c1cccc(NC(=O)[C@@H]2CCCN2Cc2ccccc2)c1)C(=O)O.[Ni]. The van der Waals surface area contributed by atoms with Crippen molar-refractivity contribution < 1.29 is 31.2 Å². The molecular formula is C33H38N6NiO3. The van der Waals surface area contributed by atoms with E-state index in [4.69, 9.17) is 10.5 Å². The molecule has 1 aliphatic heterocycles. The van der Waals surface area contributed by atoms with Crippen LogP contribution in [0.5, 0.6) is 0 Å². The first-order chi connectivity index (χ1) is 20.4. The van der Waals surface area contributed by atoms with E-state index in [2.05, 4.69) is 32.4 Å². The first-order valence-electron chi connectivity index (χ1n) is 14.4. The summed E-state index contributed by atoms with van der Waals surface area (Å²) >= 11 is 0. The van der Waals surface area contributed by atoms with E-state index in [0.717, 1.165) is 37.1 Å². The molecule has 2 N–H and O–H groups in total. The van der Waals surface area contributed by atoms with Crippen LogP contribution in [0.2, 0.25) is 0 Å². The van der Waals surface area contributed by atoms with Crippen LogP contribution in [0.1, 0.15) is 55.7 Å². The molecule has 1 heterocycles. The first kappa shape index (κ1) is 33.5. The van der Waals surface area contributed by atoms with Crippen LogP contribution in [0.25, 0.3) is 10.4 Å². The average Bonchev–Trinajstić information content (AvgIpc) is 3.46. The van der Waals surface area contributed by atoms with Gasteiger partial charge in [0.15, 0.2) is 0 Å². The second-order valence-corrected chi connectivity index (χ2v) is 11.0. The molecule has 9 nitrogen and oxygen atoms in total. The summed E-state index contributed by atoms with van der Waals surface area (Å²) in [6.07, 6.45) is 3.43. The maximum absolute atomic E-state index is 13.4. The van der Waals surface area contributed by atoms with Crippen molar-refractivity contribution in [2.45, 2.75) is 51.6 Å². The largest absolute Gasteiger partial charge is 0.481 e. The van der Waals surface area contributed by atoms with Crippen molar-refractivity contribution in [1.29, 1.82) is 0 Å². The van der Waals surface area contributed by atoms with Gasteiger partial charge in [-0.1, -0.05) is 84.3 Å². The molecule has 0 aliphatic carbocycles. The van der Waals surface area contributed by atoms with Crippen molar-refractivity contribution in [3.05, 3.63) is 112 Å². The van der Waals surface area contributed by atoms with Gasteiger partial charge in [0.2, 0.25) is 5.91 Å². The van der Waals surface area contributed by atoms with Crippen molar-refractivity contribution in [3.8, 4) is 0 Å². The minimum Gasteiger partial charge on any atom is -0.481 e. The molecule has 0 spiro atoms. The van der Waals surface area contributed by atoms with Crippen LogP contribution < -0.4 is 5.32 Å². The van der Waals surface area contributed by atoms with Gasteiger partial charge in [-0.15, -0.1) is 0 Å². The molecule has 4 rings (SSSR count). The minimum atomic E-state index is -1.08. The van der Waals surface area contributed by atoms with Gasteiger partial charge in [-0.05, 0) is 62.4 Å². The third-order valence-corrected chi connectivity index (χ3v) is 7.75. The molecule has 1 saturated heterocycles. The van der Waals surface area contributed by atoms with Gasteiger partial charge in [0.05, 0.1) is 23.7 Å². The maximum atomic E-state index is 13.4. The Morgan fingerprint density at radius 2 is 1.72 bits per heavy atom. The van der Waals surface area contributed by atoms with Crippen LogP contribution in [0, 0.1) is 5.41 Å². The van der Waals surface area contributed by atoms with Crippen LogP contribution in [0.4, 0.5) is 5.69 Å². The van der Waals surface area contributed by atoms with E-state index in [-0.39, 0.29) is 35.0 Å². The van der Waals surface area contributed by atoms with Gasteiger partial charge in [0, 0.05) is 51.3 Å². The summed E-state index contributed by atoms with van der Waals surface area (Å²) in [5.74, 6) is -0.946. The molecule has 0 unspecified atom stereocenters. The molecule has 0 aromatic heterocycles. The molecule has 2 atom stereocenters. The fraction of sp³-hybridized carbons (Fsp3) is 0.364. The number of rotatable bonds is 14. The number of carboxylic acid groups (broad SMARTS) is 1. The second-order valence-electron chi connectivity index (χ2n) is 11.0. The van der Waals surface area contributed by atoms with Gasteiger partial charge >= 0.3 is 5.97 Å². The number of carboxylic acids is 1. The Bertz CT molecular complexity index is 1430. The van der Waals surface area contributed by atoms with E-state index in [1.807, 2.05) is 72.8 Å². The number of amides is 1. The molecule has 228 valence electrons. The summed E-state index contributed by atoms with van der Waals surface area (Å²) in [5.41, 5.74) is 11.6. The van der Waals surface area contributed by atoms with Crippen LogP contribution in [-0.2, 0) is 32.6 Å². The average molecular weight is 625 g/mol. The second kappa shape index (κ2) is 16.6. The number of carbonyl (C=O) groups is 2. The third-order valence-electron chi connectivity index (χ3n) is 7.75. The Balaban J connectivity index is 0.00000506. The number of aliphatic imine (C=N–C) groups is 1. The number of azide groups is 1. The van der Waals surface area contributed by atoms with Gasteiger partial charge in [-0.2, -0.15) is 0 Å². The van der Waals surface area contributed by atoms with Crippen LogP contribution in [-0.4, -0.2) is 53.3 Å². The van der Waals surface area contributed by atoms with Crippen molar-refractivity contribution >= 4 is 23.3 Å². The quantitative estimate of drug-likeness (QED) is 0.0516. The molecule has 0 bridgehead atoms. The normalized spacial score (nSPS) is 16.4. The number of benzene rings is 3. The molecule has 1 fully saturated rings. The molecular weight excluding hydrogens is 587 g/mol. The number of nitrogens with zero attached hydrogens (tertiary/aromatic N) is 5. The number of aliphatic carboxylic acids is 1. The zero-order valence-corrected chi connectivity index (χ0v) is 25.3. The Morgan fingerprint density at radius 3 is 2.42 bits per heavy atom. The molecule has 10 heteroatoms. The monoisotopic (exact) mass is 624 g/mol. The smallest absolute Gasteiger partial charge is 0.311 e. The molecule has 3 aromatic rings. The van der Waals surface area contributed by atoms with E-state index in [1.54, 1.807) is 6.92 Å². The fourth-order valence-corrected chi connectivity index (χ4v) is 5.29. The number of carbonyl (C=O) groups excluding carboxylic acids is 1. The molecule has 1 amide bonds. The van der Waals surface area contributed by atoms with Crippen LogP contribution >= 0.6 is 0 Å². The summed E-state index contributed by atoms with van der Waals surface area (Å²) in [6, 6.07) is 27.2. The number of likely N-dealkylation sites (tertiary alicyclic amines) is 1. The van der Waals surface area contributed by atoms with E-state index in [9.17, 15) is 14.7 Å². The van der Waals surface area contributed by atoms with Crippen molar-refractivity contribution in [3.63, 3.8) is 0 Å². The maximum Gasteiger partial charge on any atom is 0.311 e. The predicted molar refractivity (Wildman–Crippen MR) is 166 cm³/mol. The van der Waals surface area contributed by atoms with Crippen molar-refractivity contribution in [2.75, 3.05) is 25.0 Å². The Kier molecular flexibility index (Phi) is 13.0. The summed E-state index contributed by atoms with van der Waals surface area (Å²) < 4.78 is 0. The van der Waals surface area contributed by atoms with Crippen LogP contribution in [0.15, 0.2) is 95.0 Å². The molecule has 3 aromatic carbocycles. The number of nitrogens with one attached hydrogen (secondary N) is 1. The summed E-state index contributed by atoms with van der Waals surface area (Å²) in [6.45, 7) is 3.74. The number of hydrogen-bond acceptors (Lipinski definition) is 5. The van der Waals surface area contributed by atoms with Gasteiger partial charge in [-0.25, -0.2) is 0 Å². The summed E-state index contributed by atoms with van der Waals surface area (Å²) in [5, 5.41) is 16.7. The van der Waals surface area contributed by atoms with Crippen LogP contribution in [0.3, 0.4) is 0 Å². The van der Waals surface area contributed by atoms with E-state index in [0.29, 0.717) is 37.2 Å². The first-order valence-corrected chi connectivity index (χ1v) is 14.4. The van der Waals surface area contributed by atoms with E-state index >= 15 is 0 Å². The van der Waals surface area contributed by atoms with E-state index < -0.39 is 11.4 Å². The van der Waals surface area contributed by atoms with Gasteiger partial charge in [-0.3, -0.25) is 19.5 Å². The Morgan fingerprint density at radius 1 is 1.02 bits per heavy atom. The molecule has 43 heavy (non-hydrogen) atoms. The molecule has 0 radical (unpaired) electrons. The third kappa shape index (κ3) is 9.52. The van der Waals surface area contributed by atoms with Gasteiger partial charge in [0.1, 0.15) is 0 Å². The number of hydrogen-bond donors (Lipinski definition) is 2. The van der Waals surface area contributed by atoms with Crippen molar-refractivity contribution in [1.82, 2.24) is 4.90 Å².